The van der Waals surface area contributed by atoms with Crippen molar-refractivity contribution < 1.29 is 9.53 Å². The molecule has 0 radical (unpaired) electrons. The topological polar surface area (TPSA) is 63.2 Å². The lowest BCUT2D eigenvalue weighted by atomic mass is 9.74. The fourth-order valence-electron chi connectivity index (χ4n) is 6.52. The molecule has 0 saturated carbocycles. The largest absolute Gasteiger partial charge is 0.360 e. The quantitative estimate of drug-likeness (QED) is 0.161. The number of amides is 1. The molecule has 0 fully saturated rings. The SMILES string of the molecule is C=CCN1C(=O)C(CCC)(CCC)c2cc3[nH]c4c(c3cc21)CCCc1cn(COCC[Si](C)(C)C)nc1-4. The van der Waals surface area contributed by atoms with Crippen molar-refractivity contribution in [3.05, 3.63) is 47.7 Å². The summed E-state index contributed by atoms with van der Waals surface area (Å²) < 4.78 is 7.96. The van der Waals surface area contributed by atoms with Crippen molar-refractivity contribution in [2.45, 2.75) is 96.6 Å². The Morgan fingerprint density at radius 1 is 1.18 bits per heavy atom. The number of H-pyrrole nitrogens is 1. The highest BCUT2D eigenvalue weighted by molar-refractivity contribution is 6.76. The van der Waals surface area contributed by atoms with Crippen LogP contribution in [-0.2, 0) is 34.5 Å². The second-order valence-electron chi connectivity index (χ2n) is 12.4. The van der Waals surface area contributed by atoms with Gasteiger partial charge in [0.2, 0.25) is 5.91 Å². The number of aromatic nitrogens is 3. The van der Waals surface area contributed by atoms with Crippen LogP contribution in [0, 0.1) is 0 Å². The van der Waals surface area contributed by atoms with Crippen LogP contribution < -0.4 is 4.90 Å². The van der Waals surface area contributed by atoms with Gasteiger partial charge in [0.25, 0.3) is 0 Å². The van der Waals surface area contributed by atoms with Gasteiger partial charge in [-0.1, -0.05) is 52.4 Å². The zero-order valence-electron chi connectivity index (χ0n) is 24.0. The van der Waals surface area contributed by atoms with E-state index in [9.17, 15) is 4.79 Å². The molecule has 0 unspecified atom stereocenters. The second kappa shape index (κ2) is 10.5. The third kappa shape index (κ3) is 4.68. The summed E-state index contributed by atoms with van der Waals surface area (Å²) >= 11 is 0. The van der Waals surface area contributed by atoms with Crippen LogP contribution in [0.2, 0.25) is 25.7 Å². The Morgan fingerprint density at radius 2 is 1.95 bits per heavy atom. The molecule has 0 bridgehead atoms. The summed E-state index contributed by atoms with van der Waals surface area (Å²) in [6, 6.07) is 5.71. The van der Waals surface area contributed by atoms with Crippen LogP contribution >= 0.6 is 0 Å². The molecule has 3 aromatic rings. The molecule has 1 aliphatic heterocycles. The Bertz CT molecular complexity index is 1340. The van der Waals surface area contributed by atoms with Gasteiger partial charge in [-0.3, -0.25) is 4.79 Å². The second-order valence-corrected chi connectivity index (χ2v) is 18.0. The number of hydrogen-bond donors (Lipinski definition) is 1. The molecule has 0 spiro atoms. The molecule has 2 aliphatic rings. The molecule has 0 atom stereocenters. The summed E-state index contributed by atoms with van der Waals surface area (Å²) in [6.07, 6.45) is 10.8. The number of nitrogens with zero attached hydrogens (tertiary/aromatic N) is 3. The van der Waals surface area contributed by atoms with Crippen molar-refractivity contribution in [1.82, 2.24) is 14.8 Å². The van der Waals surface area contributed by atoms with E-state index in [0.29, 0.717) is 13.3 Å². The first kappa shape index (κ1) is 26.9. The van der Waals surface area contributed by atoms with Crippen LogP contribution in [0.5, 0.6) is 0 Å². The summed E-state index contributed by atoms with van der Waals surface area (Å²) in [7, 11) is -1.11. The molecule has 38 heavy (non-hydrogen) atoms. The van der Waals surface area contributed by atoms with Gasteiger partial charge in [0.15, 0.2) is 0 Å². The van der Waals surface area contributed by atoms with E-state index in [2.05, 4.69) is 63.4 Å². The number of ether oxygens (including phenoxy) is 1. The number of nitrogens with one attached hydrogen (secondary N) is 1. The minimum atomic E-state index is -1.11. The molecule has 7 heteroatoms. The highest BCUT2D eigenvalue weighted by Crippen LogP contribution is 2.50. The van der Waals surface area contributed by atoms with Gasteiger partial charge in [-0.25, -0.2) is 4.68 Å². The molecule has 1 amide bonds. The fourth-order valence-corrected chi connectivity index (χ4v) is 7.28. The van der Waals surface area contributed by atoms with E-state index in [0.717, 1.165) is 80.2 Å². The zero-order valence-corrected chi connectivity index (χ0v) is 25.0. The third-order valence-electron chi connectivity index (χ3n) is 8.32. The predicted molar refractivity (Wildman–Crippen MR) is 160 cm³/mol. The van der Waals surface area contributed by atoms with Crippen LogP contribution in [0.1, 0.15) is 62.6 Å². The van der Waals surface area contributed by atoms with E-state index in [1.807, 2.05) is 15.7 Å². The van der Waals surface area contributed by atoms with E-state index in [1.165, 1.54) is 22.1 Å². The number of carbonyl (C=O) groups is 1. The van der Waals surface area contributed by atoms with Gasteiger partial charge in [-0.05, 0) is 67.0 Å². The minimum Gasteiger partial charge on any atom is -0.360 e. The number of anilines is 1. The molecule has 1 N–H and O–H groups in total. The van der Waals surface area contributed by atoms with Gasteiger partial charge in [0.05, 0.1) is 11.1 Å². The monoisotopic (exact) mass is 532 g/mol. The first-order valence-electron chi connectivity index (χ1n) is 14.5. The lowest BCUT2D eigenvalue weighted by Crippen LogP contribution is -2.40. The standard InChI is InChI=1S/C31H44N4O2Si/c1-7-13-31(14-8-2)25-19-26-24(18-27(25)35(15-9-3)30(31)36)23-12-10-11-22-20-34(33-28(22)29(23)32-26)21-37-16-17-38(4,5)6/h9,18-20,32H,3,7-8,10-17,21H2,1-2,4-6H3. The Morgan fingerprint density at radius 3 is 2.63 bits per heavy atom. The van der Waals surface area contributed by atoms with Crippen LogP contribution in [-0.4, -0.2) is 41.9 Å². The van der Waals surface area contributed by atoms with Crippen molar-refractivity contribution in [1.29, 1.82) is 0 Å². The number of hydrogen-bond acceptors (Lipinski definition) is 3. The van der Waals surface area contributed by atoms with Crippen molar-refractivity contribution in [3.63, 3.8) is 0 Å². The number of rotatable bonds is 11. The maximum atomic E-state index is 13.9. The molecule has 6 nitrogen and oxygen atoms in total. The average molecular weight is 533 g/mol. The number of carbonyl (C=O) groups excluding carboxylic acids is 1. The van der Waals surface area contributed by atoms with Gasteiger partial charge < -0.3 is 14.6 Å². The van der Waals surface area contributed by atoms with E-state index in [1.54, 1.807) is 0 Å². The predicted octanol–water partition coefficient (Wildman–Crippen LogP) is 7.20. The van der Waals surface area contributed by atoms with Crippen molar-refractivity contribution >= 4 is 30.6 Å². The summed E-state index contributed by atoms with van der Waals surface area (Å²) in [5.74, 6) is 0.241. The van der Waals surface area contributed by atoms with Gasteiger partial charge in [-0.2, -0.15) is 5.10 Å². The normalized spacial score (nSPS) is 16.4. The van der Waals surface area contributed by atoms with E-state index >= 15 is 0 Å². The van der Waals surface area contributed by atoms with Crippen LogP contribution in [0.4, 0.5) is 5.69 Å². The molecule has 1 aliphatic carbocycles. The molecule has 1 aromatic carbocycles. The summed E-state index contributed by atoms with van der Waals surface area (Å²) in [4.78, 5) is 19.6. The summed E-state index contributed by atoms with van der Waals surface area (Å²) in [5.41, 5.74) is 7.71. The van der Waals surface area contributed by atoms with E-state index in [4.69, 9.17) is 9.84 Å². The number of benzene rings is 1. The minimum absolute atomic E-state index is 0.241. The summed E-state index contributed by atoms with van der Waals surface area (Å²) in [6.45, 7) is 17.3. The highest BCUT2D eigenvalue weighted by atomic mass is 28.3. The zero-order chi connectivity index (χ0) is 27.1. The Labute approximate surface area is 228 Å². The van der Waals surface area contributed by atoms with Gasteiger partial charge in [-0.15, -0.1) is 6.58 Å². The first-order chi connectivity index (χ1) is 18.2. The van der Waals surface area contributed by atoms with Gasteiger partial charge in [0, 0.05) is 44.0 Å². The molecule has 5 rings (SSSR count). The average Bonchev–Trinajstić information content (AvgIpc) is 3.45. The third-order valence-corrected chi connectivity index (χ3v) is 10.0. The van der Waals surface area contributed by atoms with E-state index < -0.39 is 13.5 Å². The molecular formula is C31H44N4O2Si. The lowest BCUT2D eigenvalue weighted by Gasteiger charge is -2.28. The maximum Gasteiger partial charge on any atom is 0.238 e. The molecule has 0 saturated heterocycles. The number of fused-ring (bicyclic) bond motifs is 6. The Balaban J connectivity index is 1.55. The van der Waals surface area contributed by atoms with E-state index in [-0.39, 0.29) is 5.91 Å². The molecule has 204 valence electrons. The van der Waals surface area contributed by atoms with Crippen molar-refractivity contribution in [2.24, 2.45) is 0 Å². The van der Waals surface area contributed by atoms with Gasteiger partial charge >= 0.3 is 0 Å². The van der Waals surface area contributed by atoms with Gasteiger partial charge in [0.1, 0.15) is 12.4 Å². The Kier molecular flexibility index (Phi) is 7.44. The molecular weight excluding hydrogens is 488 g/mol. The highest BCUT2D eigenvalue weighted by Gasteiger charge is 2.49. The Hall–Kier alpha value is -2.64. The maximum absolute atomic E-state index is 13.9. The molecule has 3 heterocycles. The molecule has 2 aromatic heterocycles. The fraction of sp³-hybridized carbons (Fsp3) is 0.548. The van der Waals surface area contributed by atoms with Crippen LogP contribution in [0.25, 0.3) is 22.3 Å². The number of aryl methyl sites for hydroxylation is 2. The first-order valence-corrected chi connectivity index (χ1v) is 18.2. The smallest absolute Gasteiger partial charge is 0.238 e. The number of aromatic amines is 1. The van der Waals surface area contributed by atoms with Crippen LogP contribution in [0.15, 0.2) is 31.0 Å². The van der Waals surface area contributed by atoms with Crippen molar-refractivity contribution in [2.75, 3.05) is 18.1 Å². The lowest BCUT2D eigenvalue weighted by molar-refractivity contribution is -0.123. The van der Waals surface area contributed by atoms with Crippen LogP contribution in [0.3, 0.4) is 0 Å². The summed E-state index contributed by atoms with van der Waals surface area (Å²) in [5, 5.41) is 6.22. The van der Waals surface area contributed by atoms with Crippen molar-refractivity contribution in [3.8, 4) is 11.4 Å².